The van der Waals surface area contributed by atoms with Gasteiger partial charge in [0.05, 0.1) is 5.69 Å². The standard InChI is InChI=1S/C62H61BN2S2/c1-58(2,3)36-22-27-39(28-23-36)64-48-31-26-38(60(7,8)9)32-47(48)63-54-49(64)35-52-53(62(12,13)45-20-16-17-21-50(45)66-52)56(54)65(40-29-24-37(25-30-40)59(4,5)6)55-43-33-42-41-18-14-15-19-44(41)61(10,11)46(42)34-51(43)67-57(55)63/h14-35H,1-13H3. The van der Waals surface area contributed by atoms with Gasteiger partial charge in [-0.15, -0.1) is 11.3 Å². The number of hydrogen-bond donors (Lipinski definition) is 0. The van der Waals surface area contributed by atoms with Crippen molar-refractivity contribution in [2.75, 3.05) is 9.80 Å². The Morgan fingerprint density at radius 2 is 1.06 bits per heavy atom. The minimum Gasteiger partial charge on any atom is -0.311 e. The van der Waals surface area contributed by atoms with Crippen LogP contribution in [0.5, 0.6) is 0 Å². The maximum atomic E-state index is 2.74. The number of nitrogens with zero attached hydrogens (tertiary/aromatic N) is 2. The molecule has 7 aromatic carbocycles. The Labute approximate surface area is 407 Å². The van der Waals surface area contributed by atoms with E-state index < -0.39 is 0 Å². The molecular weight excluding hydrogens is 848 g/mol. The Balaban J connectivity index is 1.25. The van der Waals surface area contributed by atoms with Crippen molar-refractivity contribution < 1.29 is 0 Å². The van der Waals surface area contributed by atoms with Crippen LogP contribution < -0.4 is 25.5 Å². The first-order valence-corrected chi connectivity index (χ1v) is 25.9. The summed E-state index contributed by atoms with van der Waals surface area (Å²) in [5.74, 6) is 0. The summed E-state index contributed by atoms with van der Waals surface area (Å²) in [6.45, 7) is 30.8. The molecule has 2 nitrogen and oxygen atoms in total. The largest absolute Gasteiger partial charge is 0.311 e. The first-order chi connectivity index (χ1) is 31.6. The second-order valence-electron chi connectivity index (χ2n) is 23.9. The molecule has 3 aliphatic heterocycles. The maximum Gasteiger partial charge on any atom is 0.264 e. The fourth-order valence-electron chi connectivity index (χ4n) is 12.0. The number of fused-ring (bicyclic) bond motifs is 12. The third kappa shape index (κ3) is 6.15. The first kappa shape index (κ1) is 42.8. The molecule has 1 aliphatic carbocycles. The second kappa shape index (κ2) is 14.0. The Morgan fingerprint density at radius 1 is 0.478 bits per heavy atom. The molecule has 0 amide bonds. The van der Waals surface area contributed by atoms with Crippen LogP contribution in [-0.2, 0) is 27.1 Å². The zero-order chi connectivity index (χ0) is 46.9. The van der Waals surface area contributed by atoms with Gasteiger partial charge in [-0.2, -0.15) is 0 Å². The van der Waals surface area contributed by atoms with Crippen LogP contribution in [0.4, 0.5) is 34.1 Å². The molecule has 0 bridgehead atoms. The highest BCUT2D eigenvalue weighted by Crippen LogP contribution is 2.59. The fourth-order valence-corrected chi connectivity index (χ4v) is 14.7. The predicted molar refractivity (Wildman–Crippen MR) is 292 cm³/mol. The molecule has 0 N–H and O–H groups in total. The minimum absolute atomic E-state index is 0.0169. The topological polar surface area (TPSA) is 6.48 Å². The van der Waals surface area contributed by atoms with Crippen LogP contribution in [-0.4, -0.2) is 6.71 Å². The summed E-state index contributed by atoms with van der Waals surface area (Å²) in [5.41, 5.74) is 22.5. The van der Waals surface area contributed by atoms with Gasteiger partial charge in [-0.25, -0.2) is 0 Å². The Morgan fingerprint density at radius 3 is 1.70 bits per heavy atom. The van der Waals surface area contributed by atoms with Crippen LogP contribution in [0.2, 0.25) is 0 Å². The van der Waals surface area contributed by atoms with E-state index >= 15 is 0 Å². The Bertz CT molecular complexity index is 3390. The molecule has 0 saturated heterocycles. The minimum atomic E-state index is -0.296. The number of hydrogen-bond acceptors (Lipinski definition) is 4. The summed E-state index contributed by atoms with van der Waals surface area (Å²) in [5, 5.41) is 1.34. The number of rotatable bonds is 2. The Hall–Kier alpha value is -5.49. The predicted octanol–water partition coefficient (Wildman–Crippen LogP) is 16.0. The summed E-state index contributed by atoms with van der Waals surface area (Å²) in [6, 6.07) is 52.5. The lowest BCUT2D eigenvalue weighted by atomic mass is 9.35. The van der Waals surface area contributed by atoms with E-state index in [1.165, 1.54) is 120 Å². The highest BCUT2D eigenvalue weighted by Gasteiger charge is 2.50. The molecule has 4 heterocycles. The summed E-state index contributed by atoms with van der Waals surface area (Å²) < 4.78 is 2.78. The van der Waals surface area contributed by atoms with Crippen molar-refractivity contribution in [2.45, 2.75) is 127 Å². The molecular formula is C62H61BN2S2. The van der Waals surface area contributed by atoms with Gasteiger partial charge >= 0.3 is 0 Å². The van der Waals surface area contributed by atoms with E-state index in [0.29, 0.717) is 0 Å². The third-order valence-electron chi connectivity index (χ3n) is 15.7. The van der Waals surface area contributed by atoms with Crippen molar-refractivity contribution >= 4 is 89.7 Å². The van der Waals surface area contributed by atoms with Gasteiger partial charge in [-0.1, -0.05) is 181 Å². The van der Waals surface area contributed by atoms with E-state index in [4.69, 9.17) is 0 Å². The van der Waals surface area contributed by atoms with Crippen LogP contribution in [0.3, 0.4) is 0 Å². The number of anilines is 6. The molecule has 67 heavy (non-hydrogen) atoms. The van der Waals surface area contributed by atoms with Crippen LogP contribution in [0.15, 0.2) is 143 Å². The van der Waals surface area contributed by atoms with E-state index in [1.807, 2.05) is 23.1 Å². The SMILES string of the molecule is CC(C)(C)c1ccc(N2c3ccc(C(C)(C)C)cc3B3c4sc5cc6c(cc5c4N(c4ccc(C(C)(C)C)cc4)c4c3c2cc2c4C(C)(C)c3ccccc3S2)-c2ccccc2C6(C)C)cc1. The molecule has 0 radical (unpaired) electrons. The van der Waals surface area contributed by atoms with E-state index in [-0.39, 0.29) is 33.8 Å². The van der Waals surface area contributed by atoms with Crippen molar-refractivity contribution in [3.63, 3.8) is 0 Å². The lowest BCUT2D eigenvalue weighted by Gasteiger charge is -2.48. The van der Waals surface area contributed by atoms with Crippen molar-refractivity contribution in [3.8, 4) is 11.1 Å². The van der Waals surface area contributed by atoms with Crippen LogP contribution in [0, 0.1) is 0 Å². The van der Waals surface area contributed by atoms with E-state index in [9.17, 15) is 0 Å². The molecule has 5 heteroatoms. The Kier molecular flexibility index (Phi) is 8.98. The van der Waals surface area contributed by atoms with E-state index in [0.717, 1.165) is 0 Å². The van der Waals surface area contributed by atoms with Crippen molar-refractivity contribution in [1.29, 1.82) is 0 Å². The molecule has 0 spiro atoms. The van der Waals surface area contributed by atoms with Gasteiger partial charge in [0, 0.05) is 63.9 Å². The van der Waals surface area contributed by atoms with Crippen molar-refractivity contribution in [3.05, 3.63) is 172 Å². The lowest BCUT2D eigenvalue weighted by molar-refractivity contribution is 0.590. The summed E-state index contributed by atoms with van der Waals surface area (Å²) >= 11 is 3.98. The van der Waals surface area contributed by atoms with Gasteiger partial charge in [0.15, 0.2) is 0 Å². The normalized spacial score (nSPS) is 16.2. The van der Waals surface area contributed by atoms with Crippen molar-refractivity contribution in [2.24, 2.45) is 0 Å². The van der Waals surface area contributed by atoms with Gasteiger partial charge in [0.1, 0.15) is 0 Å². The molecule has 0 unspecified atom stereocenters. The van der Waals surface area contributed by atoms with Gasteiger partial charge in [-0.3, -0.25) is 0 Å². The second-order valence-corrected chi connectivity index (χ2v) is 26.0. The van der Waals surface area contributed by atoms with E-state index in [2.05, 4.69) is 233 Å². The first-order valence-electron chi connectivity index (χ1n) is 24.3. The molecule has 1 aromatic heterocycles. The van der Waals surface area contributed by atoms with Gasteiger partial charge in [-0.05, 0) is 132 Å². The van der Waals surface area contributed by atoms with Crippen LogP contribution >= 0.6 is 23.1 Å². The monoisotopic (exact) mass is 908 g/mol. The van der Waals surface area contributed by atoms with Gasteiger partial charge < -0.3 is 9.80 Å². The molecule has 0 fully saturated rings. The molecule has 4 aliphatic rings. The fraction of sp³-hybridized carbons (Fsp3) is 0.290. The summed E-state index contributed by atoms with van der Waals surface area (Å²) in [7, 11) is 0. The average Bonchev–Trinajstić information content (AvgIpc) is 3.75. The van der Waals surface area contributed by atoms with Gasteiger partial charge in [0.2, 0.25) is 0 Å². The number of thiophene rings is 1. The lowest BCUT2D eigenvalue weighted by Crippen LogP contribution is -2.61. The zero-order valence-corrected chi connectivity index (χ0v) is 43.1. The highest BCUT2D eigenvalue weighted by molar-refractivity contribution is 7.99. The molecule has 0 saturated carbocycles. The zero-order valence-electron chi connectivity index (χ0n) is 41.5. The quantitative estimate of drug-likeness (QED) is 0.160. The van der Waals surface area contributed by atoms with Crippen molar-refractivity contribution in [1.82, 2.24) is 0 Å². The average molecular weight is 909 g/mol. The highest BCUT2D eigenvalue weighted by atomic mass is 32.2. The van der Waals surface area contributed by atoms with Gasteiger partial charge in [0.25, 0.3) is 6.71 Å². The van der Waals surface area contributed by atoms with Crippen LogP contribution in [0.25, 0.3) is 21.2 Å². The maximum absolute atomic E-state index is 2.74. The number of benzene rings is 7. The summed E-state index contributed by atoms with van der Waals surface area (Å²) in [6.07, 6.45) is 0. The van der Waals surface area contributed by atoms with E-state index in [1.54, 1.807) is 0 Å². The molecule has 12 rings (SSSR count). The molecule has 0 atom stereocenters. The smallest absolute Gasteiger partial charge is 0.264 e. The molecule has 334 valence electrons. The third-order valence-corrected chi connectivity index (χ3v) is 18.1. The molecule has 8 aromatic rings. The van der Waals surface area contributed by atoms with Crippen LogP contribution in [0.1, 0.15) is 129 Å². The summed E-state index contributed by atoms with van der Waals surface area (Å²) in [4.78, 5) is 8.03.